The highest BCUT2D eigenvalue weighted by molar-refractivity contribution is 7.07. The van der Waals surface area contributed by atoms with E-state index < -0.39 is 0 Å². The summed E-state index contributed by atoms with van der Waals surface area (Å²) in [6.45, 7) is 6.49. The number of hydrogen-bond acceptors (Lipinski definition) is 5. The van der Waals surface area contributed by atoms with Crippen LogP contribution in [0.2, 0.25) is 0 Å². The van der Waals surface area contributed by atoms with Crippen LogP contribution in [0.1, 0.15) is 46.9 Å². The van der Waals surface area contributed by atoms with Crippen molar-refractivity contribution in [2.45, 2.75) is 39.5 Å². The summed E-state index contributed by atoms with van der Waals surface area (Å²) in [6, 6.07) is 15.7. The van der Waals surface area contributed by atoms with Crippen LogP contribution < -0.4 is 10.1 Å². The number of carbonyl (C=O) groups excluding carboxylic acids is 1. The van der Waals surface area contributed by atoms with Crippen molar-refractivity contribution < 1.29 is 9.53 Å². The summed E-state index contributed by atoms with van der Waals surface area (Å²) in [5.41, 5.74) is 5.73. The maximum Gasteiger partial charge on any atom is 0.251 e. The number of thiazole rings is 1. The molecule has 31 heavy (non-hydrogen) atoms. The molecule has 1 fully saturated rings. The molecule has 0 spiro atoms. The van der Waals surface area contributed by atoms with Crippen molar-refractivity contribution >= 4 is 17.2 Å². The maximum atomic E-state index is 12.8. The molecule has 0 bridgehead atoms. The Morgan fingerprint density at radius 1 is 1.16 bits per heavy atom. The Balaban J connectivity index is 1.34. The molecule has 3 aromatic rings. The number of amides is 1. The smallest absolute Gasteiger partial charge is 0.251 e. The molecule has 2 aromatic carbocycles. The van der Waals surface area contributed by atoms with Crippen LogP contribution in [-0.4, -0.2) is 28.9 Å². The minimum absolute atomic E-state index is 0.0966. The number of nitrogens with one attached hydrogen (secondary N) is 1. The minimum atomic E-state index is -0.0966. The largest absolute Gasteiger partial charge is 0.487 e. The lowest BCUT2D eigenvalue weighted by Crippen LogP contribution is -2.33. The van der Waals surface area contributed by atoms with Crippen LogP contribution in [0.25, 0.3) is 0 Å². The number of ether oxygens (including phenoxy) is 1. The summed E-state index contributed by atoms with van der Waals surface area (Å²) in [5, 5.41) is 5.03. The van der Waals surface area contributed by atoms with Gasteiger partial charge in [-0.05, 0) is 61.2 Å². The van der Waals surface area contributed by atoms with Crippen LogP contribution in [0, 0.1) is 5.92 Å². The normalized spacial score (nSPS) is 15.0. The van der Waals surface area contributed by atoms with Gasteiger partial charge in [0.05, 0.1) is 11.2 Å². The molecular formula is C25H29N3O2S. The van der Waals surface area contributed by atoms with Crippen LogP contribution in [0.15, 0.2) is 59.4 Å². The molecule has 0 atom stereocenters. The molecule has 4 rings (SSSR count). The topological polar surface area (TPSA) is 54.5 Å². The average molecular weight is 436 g/mol. The van der Waals surface area contributed by atoms with Crippen LogP contribution in [-0.2, 0) is 19.7 Å². The number of nitrogens with zero attached hydrogens (tertiary/aromatic N) is 2. The molecule has 2 heterocycles. The molecule has 0 unspecified atom stereocenters. The van der Waals surface area contributed by atoms with Crippen LogP contribution >= 0.6 is 11.3 Å². The molecule has 6 heteroatoms. The van der Waals surface area contributed by atoms with Crippen LogP contribution in [0.5, 0.6) is 5.75 Å². The van der Waals surface area contributed by atoms with E-state index in [0.29, 0.717) is 24.5 Å². The maximum absolute atomic E-state index is 12.8. The van der Waals surface area contributed by atoms with Gasteiger partial charge in [0, 0.05) is 24.0 Å². The summed E-state index contributed by atoms with van der Waals surface area (Å²) in [4.78, 5) is 19.5. The number of rotatable bonds is 8. The molecule has 1 aliphatic heterocycles. The first-order chi connectivity index (χ1) is 15.2. The highest BCUT2D eigenvalue weighted by atomic mass is 32.1. The van der Waals surface area contributed by atoms with Crippen molar-refractivity contribution in [3.05, 3.63) is 81.8 Å². The number of aromatic nitrogens is 1. The van der Waals surface area contributed by atoms with Crippen molar-refractivity contribution in [1.29, 1.82) is 0 Å². The minimum Gasteiger partial charge on any atom is -0.487 e. The van der Waals surface area contributed by atoms with Crippen molar-refractivity contribution in [2.24, 2.45) is 5.92 Å². The lowest BCUT2D eigenvalue weighted by atomic mass is 9.98. The monoisotopic (exact) mass is 435 g/mol. The van der Waals surface area contributed by atoms with Gasteiger partial charge in [-0.25, -0.2) is 4.98 Å². The molecule has 5 nitrogen and oxygen atoms in total. The molecule has 0 aliphatic carbocycles. The quantitative estimate of drug-likeness (QED) is 0.548. The number of benzene rings is 2. The number of likely N-dealkylation sites (tertiary alicyclic amines) is 1. The van der Waals surface area contributed by atoms with Crippen molar-refractivity contribution in [1.82, 2.24) is 15.2 Å². The van der Waals surface area contributed by atoms with E-state index >= 15 is 0 Å². The molecule has 1 saturated heterocycles. The highest BCUT2D eigenvalue weighted by Gasteiger charge is 2.17. The average Bonchev–Trinajstić information content (AvgIpc) is 3.32. The lowest BCUT2D eigenvalue weighted by Gasteiger charge is -2.30. The fourth-order valence-corrected chi connectivity index (χ4v) is 4.36. The van der Waals surface area contributed by atoms with Gasteiger partial charge in [-0.1, -0.05) is 37.3 Å². The Labute approximate surface area is 188 Å². The molecule has 1 N–H and O–H groups in total. The summed E-state index contributed by atoms with van der Waals surface area (Å²) >= 11 is 1.54. The lowest BCUT2D eigenvalue weighted by molar-refractivity contribution is 0.0950. The Morgan fingerprint density at radius 3 is 2.74 bits per heavy atom. The number of hydrogen-bond donors (Lipinski definition) is 1. The fraction of sp³-hybridized carbons (Fsp3) is 0.360. The van der Waals surface area contributed by atoms with Gasteiger partial charge >= 0.3 is 0 Å². The second-order valence-electron chi connectivity index (χ2n) is 8.21. The zero-order chi connectivity index (χ0) is 21.5. The van der Waals surface area contributed by atoms with Gasteiger partial charge in [-0.15, -0.1) is 11.3 Å². The van der Waals surface area contributed by atoms with Gasteiger partial charge in [-0.3, -0.25) is 9.69 Å². The van der Waals surface area contributed by atoms with Crippen molar-refractivity contribution in [3.63, 3.8) is 0 Å². The Hall–Kier alpha value is -2.70. The summed E-state index contributed by atoms with van der Waals surface area (Å²) in [5.74, 6) is 1.40. The first-order valence-electron chi connectivity index (χ1n) is 10.8. The summed E-state index contributed by atoms with van der Waals surface area (Å²) in [6.07, 6.45) is 2.53. The fourth-order valence-electron chi connectivity index (χ4n) is 3.82. The predicted octanol–water partition coefficient (Wildman–Crippen LogP) is 4.88. The first-order valence-corrected chi connectivity index (χ1v) is 11.8. The zero-order valence-corrected chi connectivity index (χ0v) is 18.7. The van der Waals surface area contributed by atoms with Crippen molar-refractivity contribution in [2.75, 3.05) is 13.1 Å². The summed E-state index contributed by atoms with van der Waals surface area (Å²) in [7, 11) is 0. The summed E-state index contributed by atoms with van der Waals surface area (Å²) < 4.78 is 5.77. The Bertz CT molecular complexity index is 982. The third kappa shape index (κ3) is 6.15. The molecule has 1 aliphatic rings. The Kier molecular flexibility index (Phi) is 7.33. The third-order valence-electron chi connectivity index (χ3n) is 5.79. The standard InChI is InChI=1S/C25H29N3O2S/c1-19-9-11-28(12-10-19)15-22-6-3-2-5-21(22)14-26-25(29)20-7-4-8-24(13-20)30-16-23-17-31-18-27-23/h2-8,13,17-19H,9-12,14-16H2,1H3,(H,26,29). The predicted molar refractivity (Wildman–Crippen MR) is 124 cm³/mol. The van der Waals surface area contributed by atoms with E-state index in [0.717, 1.165) is 31.2 Å². The van der Waals surface area contributed by atoms with Gasteiger partial charge in [0.15, 0.2) is 0 Å². The van der Waals surface area contributed by atoms with Crippen molar-refractivity contribution in [3.8, 4) is 5.75 Å². The molecular weight excluding hydrogens is 406 g/mol. The molecule has 0 radical (unpaired) electrons. The van der Waals surface area contributed by atoms with Gasteiger partial charge in [0.2, 0.25) is 0 Å². The van der Waals surface area contributed by atoms with Gasteiger partial charge in [0.1, 0.15) is 12.4 Å². The zero-order valence-electron chi connectivity index (χ0n) is 17.9. The highest BCUT2D eigenvalue weighted by Crippen LogP contribution is 2.20. The van der Waals surface area contributed by atoms with E-state index in [1.165, 1.54) is 24.0 Å². The molecule has 1 aromatic heterocycles. The van der Waals surface area contributed by atoms with E-state index in [9.17, 15) is 4.79 Å². The number of carbonyl (C=O) groups is 1. The third-order valence-corrected chi connectivity index (χ3v) is 6.43. The van der Waals surface area contributed by atoms with Gasteiger partial charge < -0.3 is 10.1 Å². The van der Waals surface area contributed by atoms with E-state index in [1.54, 1.807) is 22.9 Å². The molecule has 1 amide bonds. The number of piperidine rings is 1. The first kappa shape index (κ1) is 21.5. The van der Waals surface area contributed by atoms with E-state index in [4.69, 9.17) is 4.74 Å². The molecule has 0 saturated carbocycles. The van der Waals surface area contributed by atoms with Gasteiger partial charge in [-0.2, -0.15) is 0 Å². The van der Waals surface area contributed by atoms with E-state index in [-0.39, 0.29) is 5.91 Å². The second kappa shape index (κ2) is 10.6. The Morgan fingerprint density at radius 2 is 1.97 bits per heavy atom. The van der Waals surface area contributed by atoms with E-state index in [1.807, 2.05) is 29.6 Å². The SMILES string of the molecule is CC1CCN(Cc2ccccc2CNC(=O)c2cccc(OCc3cscn3)c2)CC1. The van der Waals surface area contributed by atoms with Crippen LogP contribution in [0.3, 0.4) is 0 Å². The second-order valence-corrected chi connectivity index (χ2v) is 8.93. The molecule has 162 valence electrons. The van der Waals surface area contributed by atoms with Gasteiger partial charge in [0.25, 0.3) is 5.91 Å². The van der Waals surface area contributed by atoms with Crippen LogP contribution in [0.4, 0.5) is 0 Å². The van der Waals surface area contributed by atoms with E-state index in [2.05, 4.69) is 40.3 Å².